The number of nitrogens with zero attached hydrogens (tertiary/aromatic N) is 2. The van der Waals surface area contributed by atoms with E-state index in [2.05, 4.69) is 4.90 Å². The number of thioether (sulfide) groups is 1. The van der Waals surface area contributed by atoms with E-state index in [0.29, 0.717) is 12.3 Å². The molecule has 0 aliphatic carbocycles. The minimum atomic E-state index is -3.23. The van der Waals surface area contributed by atoms with Crippen molar-refractivity contribution in [3.8, 4) is 0 Å². The smallest absolute Gasteiger partial charge is 0.240 e. The second kappa shape index (κ2) is 7.33. The normalized spacial score (nSPS) is 27.1. The molecule has 2 rings (SSSR count). The Balaban J connectivity index is 2.08. The van der Waals surface area contributed by atoms with Crippen molar-refractivity contribution in [1.82, 2.24) is 9.80 Å². The third-order valence-electron chi connectivity index (χ3n) is 4.41. The fourth-order valence-electron chi connectivity index (χ4n) is 3.07. The average Bonchev–Trinajstić information content (AvgIpc) is 2.74. The summed E-state index contributed by atoms with van der Waals surface area (Å²) in [6.07, 6.45) is 5.94. The van der Waals surface area contributed by atoms with Gasteiger partial charge in [0.15, 0.2) is 9.84 Å². The molecule has 2 atom stereocenters. The summed E-state index contributed by atoms with van der Waals surface area (Å²) in [5.74, 6) is 1.30. The van der Waals surface area contributed by atoms with Gasteiger partial charge >= 0.3 is 0 Å². The molecule has 0 saturated carbocycles. The van der Waals surface area contributed by atoms with Gasteiger partial charge in [0.25, 0.3) is 0 Å². The number of likely N-dealkylation sites (tertiary alicyclic amines) is 1. The Morgan fingerprint density at radius 3 is 2.33 bits per heavy atom. The summed E-state index contributed by atoms with van der Waals surface area (Å²) in [7, 11) is -3.23. The summed E-state index contributed by atoms with van der Waals surface area (Å²) < 4.78 is 23.9. The Morgan fingerprint density at radius 2 is 1.76 bits per heavy atom. The van der Waals surface area contributed by atoms with E-state index in [4.69, 9.17) is 0 Å². The van der Waals surface area contributed by atoms with Crippen LogP contribution in [0.1, 0.15) is 32.6 Å². The van der Waals surface area contributed by atoms with Gasteiger partial charge in [-0.25, -0.2) is 8.42 Å². The predicted molar refractivity (Wildman–Crippen MR) is 87.2 cm³/mol. The third kappa shape index (κ3) is 4.36. The van der Waals surface area contributed by atoms with Crippen LogP contribution in [-0.2, 0) is 14.6 Å². The summed E-state index contributed by atoms with van der Waals surface area (Å²) >= 11 is 1.62. The molecule has 2 heterocycles. The van der Waals surface area contributed by atoms with E-state index >= 15 is 0 Å². The van der Waals surface area contributed by atoms with E-state index < -0.39 is 15.2 Å². The van der Waals surface area contributed by atoms with Crippen LogP contribution < -0.4 is 0 Å². The molecule has 0 aromatic heterocycles. The van der Waals surface area contributed by atoms with Crippen LogP contribution in [0.15, 0.2) is 0 Å². The molecule has 1 amide bonds. The fraction of sp³-hybridized carbons (Fsp3) is 0.929. The molecule has 0 aromatic rings. The molecule has 2 saturated heterocycles. The summed E-state index contributed by atoms with van der Waals surface area (Å²) in [6.45, 7) is 4.35. The summed E-state index contributed by atoms with van der Waals surface area (Å²) in [5, 5.41) is -0.654. The van der Waals surface area contributed by atoms with Crippen LogP contribution in [0.2, 0.25) is 0 Å². The fourth-order valence-corrected chi connectivity index (χ4v) is 5.89. The number of sulfone groups is 1. The van der Waals surface area contributed by atoms with E-state index in [1.807, 2.05) is 6.92 Å². The molecular formula is C14H26N2O3S2. The first kappa shape index (κ1) is 17.1. The number of carbonyl (C=O) groups excluding carboxylic acids is 1. The monoisotopic (exact) mass is 334 g/mol. The molecule has 0 spiro atoms. The van der Waals surface area contributed by atoms with E-state index in [-0.39, 0.29) is 11.9 Å². The Morgan fingerprint density at radius 1 is 1.14 bits per heavy atom. The van der Waals surface area contributed by atoms with Crippen LogP contribution >= 0.6 is 11.8 Å². The highest BCUT2D eigenvalue weighted by molar-refractivity contribution is 8.00. The van der Waals surface area contributed by atoms with Gasteiger partial charge in [-0.05, 0) is 32.9 Å². The zero-order chi connectivity index (χ0) is 15.5. The van der Waals surface area contributed by atoms with Crippen LogP contribution in [-0.4, -0.2) is 72.9 Å². The lowest BCUT2D eigenvalue weighted by atomic mass is 10.2. The van der Waals surface area contributed by atoms with Crippen LogP contribution in [0.5, 0.6) is 0 Å². The van der Waals surface area contributed by atoms with Gasteiger partial charge in [0, 0.05) is 24.3 Å². The van der Waals surface area contributed by atoms with Crippen molar-refractivity contribution < 1.29 is 13.2 Å². The lowest BCUT2D eigenvalue weighted by Crippen LogP contribution is -2.56. The van der Waals surface area contributed by atoms with Crippen molar-refractivity contribution in [2.24, 2.45) is 0 Å². The molecule has 2 fully saturated rings. The number of hydrogen-bond donors (Lipinski definition) is 0. The van der Waals surface area contributed by atoms with Crippen molar-refractivity contribution in [2.75, 3.05) is 37.4 Å². The minimum absolute atomic E-state index is 0.0207. The number of carbonyl (C=O) groups is 1. The van der Waals surface area contributed by atoms with Gasteiger partial charge < -0.3 is 4.90 Å². The molecule has 122 valence electrons. The number of hydrogen-bond acceptors (Lipinski definition) is 5. The maximum Gasteiger partial charge on any atom is 0.240 e. The first-order chi connectivity index (χ1) is 9.91. The molecule has 7 heteroatoms. The highest BCUT2D eigenvalue weighted by Crippen LogP contribution is 2.23. The van der Waals surface area contributed by atoms with Crippen LogP contribution in [0, 0.1) is 0 Å². The van der Waals surface area contributed by atoms with Gasteiger partial charge in [0.2, 0.25) is 5.91 Å². The molecule has 5 nitrogen and oxygen atoms in total. The number of rotatable bonds is 3. The van der Waals surface area contributed by atoms with Gasteiger partial charge in [-0.3, -0.25) is 9.69 Å². The standard InChI is InChI=1S/C14H26N2O3S2/c1-12(15-7-5-3-4-6-8-15)14(17)16-9-10-20-11-13(16)21(2,18)19/h12-13H,3-11H2,1-2H3/t12-,13+/m1/s1. The lowest BCUT2D eigenvalue weighted by Gasteiger charge is -2.38. The SMILES string of the molecule is C[C@H](C(=O)N1CCSC[C@@H]1S(C)(=O)=O)N1CCCCCC1. The van der Waals surface area contributed by atoms with Crippen molar-refractivity contribution in [3.05, 3.63) is 0 Å². The molecule has 0 aromatic carbocycles. The molecule has 21 heavy (non-hydrogen) atoms. The zero-order valence-corrected chi connectivity index (χ0v) is 14.6. The van der Waals surface area contributed by atoms with Gasteiger partial charge in [0.1, 0.15) is 5.37 Å². The van der Waals surface area contributed by atoms with Gasteiger partial charge in [-0.2, -0.15) is 11.8 Å². The topological polar surface area (TPSA) is 57.7 Å². The third-order valence-corrected chi connectivity index (χ3v) is 7.05. The maximum absolute atomic E-state index is 12.8. The Bertz CT molecular complexity index is 459. The molecule has 0 radical (unpaired) electrons. The molecule has 0 N–H and O–H groups in total. The van der Waals surface area contributed by atoms with Gasteiger partial charge in [-0.15, -0.1) is 0 Å². The van der Waals surface area contributed by atoms with E-state index in [9.17, 15) is 13.2 Å². The Hall–Kier alpha value is -0.270. The van der Waals surface area contributed by atoms with Crippen molar-refractivity contribution in [1.29, 1.82) is 0 Å². The Kier molecular flexibility index (Phi) is 5.96. The van der Waals surface area contributed by atoms with E-state index in [1.54, 1.807) is 16.7 Å². The molecule has 2 aliphatic heterocycles. The van der Waals surface area contributed by atoms with Gasteiger partial charge in [-0.1, -0.05) is 12.8 Å². The molecule has 0 unspecified atom stereocenters. The molecule has 2 aliphatic rings. The first-order valence-electron chi connectivity index (χ1n) is 7.72. The minimum Gasteiger partial charge on any atom is -0.323 e. The predicted octanol–water partition coefficient (Wildman–Crippen LogP) is 1.20. The highest BCUT2D eigenvalue weighted by Gasteiger charge is 2.37. The summed E-state index contributed by atoms with van der Waals surface area (Å²) in [5.41, 5.74) is 0. The van der Waals surface area contributed by atoms with Crippen LogP contribution in [0.4, 0.5) is 0 Å². The lowest BCUT2D eigenvalue weighted by molar-refractivity contribution is -0.136. The summed E-state index contributed by atoms with van der Waals surface area (Å²) in [4.78, 5) is 16.6. The quantitative estimate of drug-likeness (QED) is 0.776. The van der Waals surface area contributed by atoms with E-state index in [0.717, 1.165) is 31.7 Å². The maximum atomic E-state index is 12.8. The zero-order valence-electron chi connectivity index (χ0n) is 13.0. The number of amides is 1. The van der Waals surface area contributed by atoms with Crippen LogP contribution in [0.3, 0.4) is 0 Å². The first-order valence-corrected chi connectivity index (χ1v) is 10.8. The van der Waals surface area contributed by atoms with Crippen molar-refractivity contribution in [3.63, 3.8) is 0 Å². The second-order valence-electron chi connectivity index (χ2n) is 6.02. The largest absolute Gasteiger partial charge is 0.323 e. The molecular weight excluding hydrogens is 308 g/mol. The van der Waals surface area contributed by atoms with Crippen molar-refractivity contribution >= 4 is 27.5 Å². The second-order valence-corrected chi connectivity index (χ2v) is 9.37. The summed E-state index contributed by atoms with van der Waals surface area (Å²) in [6, 6.07) is -0.213. The average molecular weight is 335 g/mol. The van der Waals surface area contributed by atoms with Crippen molar-refractivity contribution in [2.45, 2.75) is 44.0 Å². The van der Waals surface area contributed by atoms with Gasteiger partial charge in [0.05, 0.1) is 6.04 Å². The Labute approximate surface area is 132 Å². The van der Waals surface area contributed by atoms with E-state index in [1.165, 1.54) is 19.1 Å². The molecule has 0 bridgehead atoms. The highest BCUT2D eigenvalue weighted by atomic mass is 32.2. The van der Waals surface area contributed by atoms with Crippen LogP contribution in [0.25, 0.3) is 0 Å².